The molecule has 0 fully saturated rings. The summed E-state index contributed by atoms with van der Waals surface area (Å²) in [5.41, 5.74) is 2.88. The van der Waals surface area contributed by atoms with Crippen LogP contribution in [-0.4, -0.2) is 31.4 Å². The first-order chi connectivity index (χ1) is 21.6. The molecule has 8 nitrogen and oxygen atoms in total. The summed E-state index contributed by atoms with van der Waals surface area (Å²) in [6.45, 7) is 4.03. The number of hydrogen-bond acceptors (Lipinski definition) is 8. The predicted molar refractivity (Wildman–Crippen MR) is 195 cm³/mol. The van der Waals surface area contributed by atoms with Crippen molar-refractivity contribution in [2.75, 3.05) is 20.8 Å². The van der Waals surface area contributed by atoms with Crippen LogP contribution in [0.15, 0.2) is 74.1 Å². The minimum Gasteiger partial charge on any atom is -0.493 e. The van der Waals surface area contributed by atoms with E-state index in [4.69, 9.17) is 30.5 Å². The van der Waals surface area contributed by atoms with E-state index in [1.165, 1.54) is 18.4 Å². The van der Waals surface area contributed by atoms with Gasteiger partial charge in [-0.3, -0.25) is 9.36 Å². The van der Waals surface area contributed by atoms with Crippen molar-refractivity contribution >= 4 is 96.1 Å². The first kappa shape index (κ1) is 33.9. The molecule has 3 aromatic carbocycles. The molecule has 4 aromatic rings. The number of fused-ring (bicyclic) bond motifs is 1. The zero-order valence-electron chi connectivity index (χ0n) is 24.5. The smallest absolute Gasteiger partial charge is 0.338 e. The van der Waals surface area contributed by atoms with E-state index in [1.807, 2.05) is 42.5 Å². The number of esters is 1. The van der Waals surface area contributed by atoms with Crippen molar-refractivity contribution in [3.05, 3.63) is 113 Å². The summed E-state index contributed by atoms with van der Waals surface area (Å²) < 4.78 is 27.0. The van der Waals surface area contributed by atoms with Gasteiger partial charge in [0.15, 0.2) is 16.3 Å². The van der Waals surface area contributed by atoms with Crippen molar-refractivity contribution in [1.82, 2.24) is 4.57 Å². The molecule has 0 N–H and O–H groups in total. The van der Waals surface area contributed by atoms with Crippen LogP contribution in [0.2, 0.25) is 5.02 Å². The van der Waals surface area contributed by atoms with E-state index in [2.05, 4.69) is 66.1 Å². The number of carbonyl (C=O) groups is 1. The number of allylic oxidation sites excluding steroid dienone is 1. The fourth-order valence-electron chi connectivity index (χ4n) is 4.90. The van der Waals surface area contributed by atoms with Gasteiger partial charge < -0.3 is 18.9 Å². The van der Waals surface area contributed by atoms with Gasteiger partial charge in [-0.2, -0.15) is 0 Å². The van der Waals surface area contributed by atoms with Gasteiger partial charge in [-0.05, 0) is 118 Å². The van der Waals surface area contributed by atoms with E-state index < -0.39 is 12.0 Å². The van der Waals surface area contributed by atoms with Crippen molar-refractivity contribution < 1.29 is 23.7 Å². The minimum atomic E-state index is -0.820. The molecule has 0 saturated heterocycles. The van der Waals surface area contributed by atoms with Crippen LogP contribution >= 0.6 is 84.0 Å². The van der Waals surface area contributed by atoms with Crippen LogP contribution in [0.1, 0.15) is 36.6 Å². The first-order valence-electron chi connectivity index (χ1n) is 13.5. The van der Waals surface area contributed by atoms with Gasteiger partial charge in [0, 0.05) is 9.50 Å². The standard InChI is InChI=1S/C32H26BrClI2N2O6S/c1-5-43-31(40)27-16(2)37-32-38(28(27)20-13-24(41-3)25(42-4)14-21(20)33)30(39)26(45-32)12-18-10-22(35)29(23(36)11-18)44-15-17-7-6-8-19(34)9-17/h6-14,28H,5,15H2,1-4H3/b26-12-/t28-/m1/s1. The number of rotatable bonds is 9. The molecule has 0 unspecified atom stereocenters. The molecule has 0 saturated carbocycles. The van der Waals surface area contributed by atoms with E-state index in [9.17, 15) is 9.59 Å². The van der Waals surface area contributed by atoms with Crippen molar-refractivity contribution in [3.63, 3.8) is 0 Å². The lowest BCUT2D eigenvalue weighted by molar-refractivity contribution is -0.139. The summed E-state index contributed by atoms with van der Waals surface area (Å²) in [4.78, 5) is 32.6. The molecule has 0 aliphatic carbocycles. The SMILES string of the molecule is CCOC(=O)C1=C(C)N=c2s/c(=C\c3cc(I)c(OCc4cccc(Cl)c4)c(I)c3)c(=O)n2[C@@H]1c1cc(OC)c(OC)cc1Br. The van der Waals surface area contributed by atoms with E-state index >= 15 is 0 Å². The van der Waals surface area contributed by atoms with Gasteiger partial charge in [-0.15, -0.1) is 0 Å². The largest absolute Gasteiger partial charge is 0.493 e. The van der Waals surface area contributed by atoms with Gasteiger partial charge in [0.25, 0.3) is 5.56 Å². The predicted octanol–water partition coefficient (Wildman–Crippen LogP) is 7.02. The second-order valence-electron chi connectivity index (χ2n) is 9.76. The molecule has 45 heavy (non-hydrogen) atoms. The van der Waals surface area contributed by atoms with Gasteiger partial charge in [-0.25, -0.2) is 9.79 Å². The molecule has 0 amide bonds. The highest BCUT2D eigenvalue weighted by Gasteiger charge is 2.35. The third-order valence-electron chi connectivity index (χ3n) is 6.91. The highest BCUT2D eigenvalue weighted by molar-refractivity contribution is 14.1. The molecule has 0 radical (unpaired) electrons. The highest BCUT2D eigenvalue weighted by atomic mass is 127. The lowest BCUT2D eigenvalue weighted by Crippen LogP contribution is -2.40. The molecule has 234 valence electrons. The van der Waals surface area contributed by atoms with Gasteiger partial charge in [0.2, 0.25) is 0 Å². The third kappa shape index (κ3) is 7.14. The van der Waals surface area contributed by atoms with Crippen molar-refractivity contribution in [2.45, 2.75) is 26.5 Å². The van der Waals surface area contributed by atoms with Gasteiger partial charge in [0.1, 0.15) is 12.4 Å². The van der Waals surface area contributed by atoms with Gasteiger partial charge in [0.05, 0.1) is 49.8 Å². The summed E-state index contributed by atoms with van der Waals surface area (Å²) in [7, 11) is 3.08. The average molecular weight is 936 g/mol. The van der Waals surface area contributed by atoms with E-state index in [1.54, 1.807) is 37.7 Å². The molecular weight excluding hydrogens is 910 g/mol. The molecule has 13 heteroatoms. The third-order valence-corrected chi connectivity index (χ3v) is 10.4. The Morgan fingerprint density at radius 1 is 1.11 bits per heavy atom. The summed E-state index contributed by atoms with van der Waals surface area (Å²) in [6.07, 6.45) is 1.83. The fraction of sp³-hybridized carbons (Fsp3) is 0.219. The van der Waals surface area contributed by atoms with Gasteiger partial charge in [-0.1, -0.05) is 51.0 Å². The van der Waals surface area contributed by atoms with Crippen LogP contribution in [-0.2, 0) is 16.1 Å². The maximum Gasteiger partial charge on any atom is 0.338 e. The maximum atomic E-state index is 14.1. The maximum absolute atomic E-state index is 14.1. The summed E-state index contributed by atoms with van der Waals surface area (Å²) in [5, 5.41) is 0.655. The molecule has 0 spiro atoms. The Bertz CT molecular complexity index is 2000. The molecule has 5 rings (SSSR count). The van der Waals surface area contributed by atoms with Crippen LogP contribution in [0.4, 0.5) is 0 Å². The Morgan fingerprint density at radius 3 is 2.44 bits per heavy atom. The number of halogens is 4. The number of ether oxygens (including phenoxy) is 4. The molecule has 2 heterocycles. The molecule has 1 aliphatic rings. The lowest BCUT2D eigenvalue weighted by Gasteiger charge is -2.26. The number of methoxy groups -OCH3 is 2. The van der Waals surface area contributed by atoms with Crippen LogP contribution in [0.25, 0.3) is 6.08 Å². The Balaban J connectivity index is 1.61. The number of hydrogen-bond donors (Lipinski definition) is 0. The summed E-state index contributed by atoms with van der Waals surface area (Å²) in [5.74, 6) is 1.17. The number of aromatic nitrogens is 1. The van der Waals surface area contributed by atoms with Gasteiger partial charge >= 0.3 is 5.97 Å². The lowest BCUT2D eigenvalue weighted by atomic mass is 9.95. The van der Waals surface area contributed by atoms with Crippen LogP contribution < -0.4 is 29.1 Å². The van der Waals surface area contributed by atoms with Crippen LogP contribution in [0.3, 0.4) is 0 Å². The average Bonchev–Trinajstić information content (AvgIpc) is 3.29. The zero-order valence-corrected chi connectivity index (χ0v) is 31.9. The quantitative estimate of drug-likeness (QED) is 0.133. The van der Waals surface area contributed by atoms with Crippen molar-refractivity contribution in [2.24, 2.45) is 4.99 Å². The Kier molecular flexibility index (Phi) is 11.0. The van der Waals surface area contributed by atoms with E-state index in [-0.39, 0.29) is 17.7 Å². The molecule has 0 bridgehead atoms. The number of thiazole rings is 1. The molecule has 1 atom stereocenters. The monoisotopic (exact) mass is 934 g/mol. The summed E-state index contributed by atoms with van der Waals surface area (Å²) in [6, 6.07) is 14.2. The molecular formula is C32H26BrClI2N2O6S. The minimum absolute atomic E-state index is 0.177. The second-order valence-corrected chi connectivity index (χ2v) is 14.4. The first-order valence-corrected chi connectivity index (χ1v) is 17.7. The van der Waals surface area contributed by atoms with Crippen molar-refractivity contribution in [1.29, 1.82) is 0 Å². The Hall–Kier alpha value is -2.40. The molecule has 1 aliphatic heterocycles. The molecule has 1 aromatic heterocycles. The zero-order chi connectivity index (χ0) is 32.4. The van der Waals surface area contributed by atoms with Crippen LogP contribution in [0.5, 0.6) is 17.2 Å². The number of benzene rings is 3. The summed E-state index contributed by atoms with van der Waals surface area (Å²) >= 11 is 15.5. The Labute approximate surface area is 304 Å². The number of carbonyl (C=O) groups excluding carboxylic acids is 1. The van der Waals surface area contributed by atoms with E-state index in [0.717, 1.165) is 24.0 Å². The van der Waals surface area contributed by atoms with Crippen LogP contribution in [0, 0.1) is 7.14 Å². The highest BCUT2D eigenvalue weighted by Crippen LogP contribution is 2.41. The Morgan fingerprint density at radius 2 is 1.80 bits per heavy atom. The fourth-order valence-corrected chi connectivity index (χ4v) is 8.83. The number of nitrogens with zero attached hydrogens (tertiary/aromatic N) is 2. The van der Waals surface area contributed by atoms with Crippen molar-refractivity contribution in [3.8, 4) is 17.2 Å². The van der Waals surface area contributed by atoms with E-state index in [0.29, 0.717) is 48.2 Å². The topological polar surface area (TPSA) is 88.4 Å². The second kappa shape index (κ2) is 14.6. The normalized spacial score (nSPS) is 14.6.